The third-order valence-corrected chi connectivity index (χ3v) is 4.12. The Kier molecular flexibility index (Phi) is 5.75. The highest BCUT2D eigenvalue weighted by Crippen LogP contribution is 2.31. The van der Waals surface area contributed by atoms with Crippen LogP contribution in [0.3, 0.4) is 0 Å². The van der Waals surface area contributed by atoms with Crippen molar-refractivity contribution in [2.24, 2.45) is 17.8 Å². The molecule has 0 aliphatic carbocycles. The zero-order valence-electron chi connectivity index (χ0n) is 13.4. The van der Waals surface area contributed by atoms with Crippen molar-refractivity contribution in [3.8, 4) is 0 Å². The molecule has 0 aromatic rings. The summed E-state index contributed by atoms with van der Waals surface area (Å²) in [5.41, 5.74) is 0. The number of likely N-dealkylation sites (tertiary alicyclic amines) is 1. The first-order valence-electron chi connectivity index (χ1n) is 7.48. The van der Waals surface area contributed by atoms with Crippen LogP contribution in [0.15, 0.2) is 0 Å². The van der Waals surface area contributed by atoms with Crippen molar-refractivity contribution < 1.29 is 19.5 Å². The second-order valence-electron chi connectivity index (χ2n) is 6.40. The highest BCUT2D eigenvalue weighted by molar-refractivity contribution is 5.89. The smallest absolute Gasteiger partial charge is 0.308 e. The zero-order valence-corrected chi connectivity index (χ0v) is 13.4. The molecule has 0 saturated carbocycles. The number of nitrogens with zero attached hydrogens (tertiary/aromatic N) is 1. The zero-order chi connectivity index (χ0) is 16.3. The SMILES string of the molecule is CC(C)CNC(=O)C(C)N1C(=O)CC(C)C(C(=O)O)C1C. The van der Waals surface area contributed by atoms with E-state index in [1.54, 1.807) is 20.8 Å². The topological polar surface area (TPSA) is 86.7 Å². The maximum atomic E-state index is 12.2. The summed E-state index contributed by atoms with van der Waals surface area (Å²) in [4.78, 5) is 37.2. The van der Waals surface area contributed by atoms with Gasteiger partial charge in [0.25, 0.3) is 0 Å². The molecule has 2 N–H and O–H groups in total. The summed E-state index contributed by atoms with van der Waals surface area (Å²) in [6.45, 7) is 9.65. The van der Waals surface area contributed by atoms with E-state index in [9.17, 15) is 19.5 Å². The van der Waals surface area contributed by atoms with Crippen LogP contribution in [0.4, 0.5) is 0 Å². The number of rotatable bonds is 5. The molecule has 1 rings (SSSR count). The predicted octanol–water partition coefficient (Wildman–Crippen LogP) is 1.10. The predicted molar refractivity (Wildman–Crippen MR) is 78.5 cm³/mol. The van der Waals surface area contributed by atoms with Gasteiger partial charge in [0.2, 0.25) is 11.8 Å². The Morgan fingerprint density at radius 2 is 1.90 bits per heavy atom. The third-order valence-electron chi connectivity index (χ3n) is 4.12. The van der Waals surface area contributed by atoms with Crippen molar-refractivity contribution >= 4 is 17.8 Å². The van der Waals surface area contributed by atoms with Crippen LogP contribution in [0.25, 0.3) is 0 Å². The van der Waals surface area contributed by atoms with Gasteiger partial charge in [0.05, 0.1) is 5.92 Å². The Balaban J connectivity index is 2.85. The summed E-state index contributed by atoms with van der Waals surface area (Å²) in [7, 11) is 0. The van der Waals surface area contributed by atoms with E-state index in [1.807, 2.05) is 13.8 Å². The number of hydrogen-bond donors (Lipinski definition) is 2. The third kappa shape index (κ3) is 3.95. The van der Waals surface area contributed by atoms with E-state index in [1.165, 1.54) is 4.90 Å². The Morgan fingerprint density at radius 3 is 2.38 bits per heavy atom. The summed E-state index contributed by atoms with van der Waals surface area (Å²) in [6.07, 6.45) is 0.170. The lowest BCUT2D eigenvalue weighted by molar-refractivity contribution is -0.159. The van der Waals surface area contributed by atoms with Crippen molar-refractivity contribution in [2.75, 3.05) is 6.54 Å². The molecule has 6 nitrogen and oxygen atoms in total. The lowest BCUT2D eigenvalue weighted by Crippen LogP contribution is -2.59. The fraction of sp³-hybridized carbons (Fsp3) is 0.800. The first-order valence-corrected chi connectivity index (χ1v) is 7.48. The Hall–Kier alpha value is -1.59. The van der Waals surface area contributed by atoms with E-state index < -0.39 is 24.0 Å². The van der Waals surface area contributed by atoms with Crippen LogP contribution < -0.4 is 5.32 Å². The van der Waals surface area contributed by atoms with Gasteiger partial charge in [0.15, 0.2) is 0 Å². The molecule has 1 heterocycles. The molecule has 4 unspecified atom stereocenters. The maximum Gasteiger partial charge on any atom is 0.308 e. The Morgan fingerprint density at radius 1 is 1.33 bits per heavy atom. The van der Waals surface area contributed by atoms with Crippen LogP contribution in [0.1, 0.15) is 41.0 Å². The molecule has 0 spiro atoms. The fourth-order valence-electron chi connectivity index (χ4n) is 2.98. The minimum Gasteiger partial charge on any atom is -0.481 e. The first-order chi connectivity index (χ1) is 9.66. The molecule has 1 aliphatic heterocycles. The number of carboxylic acids is 1. The van der Waals surface area contributed by atoms with Gasteiger partial charge in [-0.25, -0.2) is 0 Å². The van der Waals surface area contributed by atoms with Gasteiger partial charge in [-0.3, -0.25) is 14.4 Å². The van der Waals surface area contributed by atoms with Crippen molar-refractivity contribution in [2.45, 2.75) is 53.1 Å². The average molecular weight is 298 g/mol. The monoisotopic (exact) mass is 298 g/mol. The van der Waals surface area contributed by atoms with E-state index in [0.29, 0.717) is 12.5 Å². The van der Waals surface area contributed by atoms with E-state index in [2.05, 4.69) is 5.32 Å². The fourth-order valence-corrected chi connectivity index (χ4v) is 2.98. The molecule has 120 valence electrons. The molecule has 1 fully saturated rings. The Bertz CT molecular complexity index is 422. The molecule has 6 heteroatoms. The van der Waals surface area contributed by atoms with Crippen molar-refractivity contribution in [3.05, 3.63) is 0 Å². The van der Waals surface area contributed by atoms with Gasteiger partial charge in [-0.05, 0) is 25.7 Å². The number of amides is 2. The molecule has 0 radical (unpaired) electrons. The quantitative estimate of drug-likeness (QED) is 0.796. The maximum absolute atomic E-state index is 12.2. The second-order valence-corrected chi connectivity index (χ2v) is 6.40. The van der Waals surface area contributed by atoms with Gasteiger partial charge in [-0.15, -0.1) is 0 Å². The van der Waals surface area contributed by atoms with Crippen LogP contribution in [0.5, 0.6) is 0 Å². The number of nitrogens with one attached hydrogen (secondary N) is 1. The highest BCUT2D eigenvalue weighted by Gasteiger charge is 2.44. The molecule has 2 amide bonds. The highest BCUT2D eigenvalue weighted by atomic mass is 16.4. The summed E-state index contributed by atoms with van der Waals surface area (Å²) in [6, 6.07) is -1.14. The van der Waals surface area contributed by atoms with Crippen molar-refractivity contribution in [3.63, 3.8) is 0 Å². The molecule has 4 atom stereocenters. The van der Waals surface area contributed by atoms with E-state index in [0.717, 1.165) is 0 Å². The molecular weight excluding hydrogens is 272 g/mol. The lowest BCUT2D eigenvalue weighted by atomic mass is 9.80. The number of carboxylic acid groups (broad SMARTS) is 1. The van der Waals surface area contributed by atoms with Gasteiger partial charge in [-0.2, -0.15) is 0 Å². The number of carbonyl (C=O) groups excluding carboxylic acids is 2. The van der Waals surface area contributed by atoms with Gasteiger partial charge in [0, 0.05) is 19.0 Å². The minimum absolute atomic E-state index is 0.153. The normalized spacial score (nSPS) is 27.6. The van der Waals surface area contributed by atoms with Gasteiger partial charge in [-0.1, -0.05) is 20.8 Å². The number of hydrogen-bond acceptors (Lipinski definition) is 3. The van der Waals surface area contributed by atoms with E-state index >= 15 is 0 Å². The van der Waals surface area contributed by atoms with Crippen LogP contribution in [-0.2, 0) is 14.4 Å². The number of carbonyl (C=O) groups is 3. The van der Waals surface area contributed by atoms with E-state index in [-0.39, 0.29) is 24.2 Å². The minimum atomic E-state index is -0.915. The first kappa shape index (κ1) is 17.5. The van der Waals surface area contributed by atoms with Gasteiger partial charge in [0.1, 0.15) is 6.04 Å². The average Bonchev–Trinajstić information content (AvgIpc) is 2.34. The van der Waals surface area contributed by atoms with Crippen LogP contribution in [0.2, 0.25) is 0 Å². The Labute approximate surface area is 125 Å². The summed E-state index contributed by atoms with van der Waals surface area (Å²) in [5.74, 6) is -1.83. The largest absolute Gasteiger partial charge is 0.481 e. The number of piperidine rings is 1. The summed E-state index contributed by atoms with van der Waals surface area (Å²) >= 11 is 0. The van der Waals surface area contributed by atoms with E-state index in [4.69, 9.17) is 0 Å². The van der Waals surface area contributed by atoms with Crippen LogP contribution in [0, 0.1) is 17.8 Å². The van der Waals surface area contributed by atoms with Gasteiger partial charge < -0.3 is 15.3 Å². The molecule has 21 heavy (non-hydrogen) atoms. The van der Waals surface area contributed by atoms with Gasteiger partial charge >= 0.3 is 5.97 Å². The molecule has 0 aromatic carbocycles. The molecule has 1 saturated heterocycles. The molecule has 0 aromatic heterocycles. The number of aliphatic carboxylic acids is 1. The van der Waals surface area contributed by atoms with Crippen molar-refractivity contribution in [1.82, 2.24) is 10.2 Å². The van der Waals surface area contributed by atoms with Crippen molar-refractivity contribution in [1.29, 1.82) is 0 Å². The lowest BCUT2D eigenvalue weighted by Gasteiger charge is -2.43. The summed E-state index contributed by atoms with van der Waals surface area (Å²) < 4.78 is 0. The van der Waals surface area contributed by atoms with Crippen LogP contribution in [-0.4, -0.2) is 46.4 Å². The standard InChI is InChI=1S/C15H26N2O4/c1-8(2)7-16-14(19)11(5)17-10(4)13(15(20)21)9(3)6-12(17)18/h8-11,13H,6-7H2,1-5H3,(H,16,19)(H,20,21). The van der Waals surface area contributed by atoms with Crippen LogP contribution >= 0.6 is 0 Å². The molecule has 0 bridgehead atoms. The molecular formula is C15H26N2O4. The molecule has 1 aliphatic rings. The second kappa shape index (κ2) is 6.91. The summed E-state index contributed by atoms with van der Waals surface area (Å²) in [5, 5.41) is 12.1.